The van der Waals surface area contributed by atoms with Gasteiger partial charge in [0.1, 0.15) is 0 Å². The van der Waals surface area contributed by atoms with Crippen LogP contribution >= 0.6 is 0 Å². The average Bonchev–Trinajstić information content (AvgIpc) is 2.87. The molecule has 0 atom stereocenters. The minimum atomic E-state index is -3.62. The first kappa shape index (κ1) is 27.9. The molecule has 3 aromatic carbocycles. The molecule has 7 nitrogen and oxygen atoms in total. The fourth-order valence-electron chi connectivity index (χ4n) is 4.20. The molecule has 4 aromatic rings. The van der Waals surface area contributed by atoms with Crippen LogP contribution in [0.4, 0.5) is 0 Å². The summed E-state index contributed by atoms with van der Waals surface area (Å²) in [5, 5.41) is 0.991. The summed E-state index contributed by atoms with van der Waals surface area (Å²) in [5.41, 5.74) is 5.74. The molecule has 0 unspecified atom stereocenters. The largest absolute Gasteiger partial charge is 0.253 e. The molecule has 1 heterocycles. The van der Waals surface area contributed by atoms with Gasteiger partial charge < -0.3 is 0 Å². The lowest BCUT2D eigenvalue weighted by molar-refractivity contribution is 0.578. The van der Waals surface area contributed by atoms with Crippen LogP contribution in [0.3, 0.4) is 0 Å². The normalized spacial score (nSPS) is 12.2. The van der Waals surface area contributed by atoms with Crippen molar-refractivity contribution in [3.8, 4) is 0 Å². The molecular weight excluding hydrogens is 518 g/mol. The van der Waals surface area contributed by atoms with E-state index in [4.69, 9.17) is 4.98 Å². The zero-order valence-electron chi connectivity index (χ0n) is 21.9. The number of aromatic nitrogens is 1. The van der Waals surface area contributed by atoms with Gasteiger partial charge in [-0.3, -0.25) is 4.98 Å². The van der Waals surface area contributed by atoms with Gasteiger partial charge in [0, 0.05) is 24.2 Å². The topological polar surface area (TPSA) is 105 Å². The Morgan fingerprint density at radius 2 is 1.16 bits per heavy atom. The molecule has 0 bridgehead atoms. The number of aryl methyl sites for hydroxylation is 4. The Morgan fingerprint density at radius 3 is 1.74 bits per heavy atom. The van der Waals surface area contributed by atoms with Crippen molar-refractivity contribution >= 4 is 30.9 Å². The van der Waals surface area contributed by atoms with Gasteiger partial charge in [-0.1, -0.05) is 47.0 Å². The zero-order valence-corrected chi connectivity index (χ0v) is 23.5. The highest BCUT2D eigenvalue weighted by Crippen LogP contribution is 2.20. The van der Waals surface area contributed by atoms with Crippen LogP contribution in [0.5, 0.6) is 0 Å². The summed E-state index contributed by atoms with van der Waals surface area (Å²) in [7, 11) is -7.21. The molecule has 0 radical (unpaired) electrons. The molecule has 1 aromatic heterocycles. The van der Waals surface area contributed by atoms with Gasteiger partial charge in [0.25, 0.3) is 0 Å². The predicted octanol–water partition coefficient (Wildman–Crippen LogP) is 4.59. The standard InChI is InChI=1S/C29H33N3O4S2/c1-21-6-11-26(12-7-21)37(33,34)30-17-4-5-28-24(20-25-19-23(3)10-15-29(25)32-28)16-18-31-38(35,36)27-13-8-22(2)9-14-27/h6-15,19-20,30-31H,4-5,16-18H2,1-3H3. The first-order chi connectivity index (χ1) is 18.0. The van der Waals surface area contributed by atoms with E-state index >= 15 is 0 Å². The van der Waals surface area contributed by atoms with Gasteiger partial charge >= 0.3 is 0 Å². The minimum Gasteiger partial charge on any atom is -0.253 e. The summed E-state index contributed by atoms with van der Waals surface area (Å²) in [4.78, 5) is 5.32. The lowest BCUT2D eigenvalue weighted by Crippen LogP contribution is -2.26. The Labute approximate surface area is 225 Å². The number of hydrogen-bond donors (Lipinski definition) is 2. The SMILES string of the molecule is Cc1ccc(S(=O)(=O)NCCCc2nc3ccc(C)cc3cc2CCNS(=O)(=O)c2ccc(C)cc2)cc1. The summed E-state index contributed by atoms with van der Waals surface area (Å²) in [6.07, 6.45) is 1.57. The molecule has 0 aliphatic heterocycles. The highest BCUT2D eigenvalue weighted by atomic mass is 32.2. The third kappa shape index (κ3) is 7.05. The van der Waals surface area contributed by atoms with E-state index in [1.807, 2.05) is 32.9 Å². The second-order valence-electron chi connectivity index (χ2n) is 9.57. The third-order valence-corrected chi connectivity index (χ3v) is 9.32. The first-order valence-corrected chi connectivity index (χ1v) is 15.5. The van der Waals surface area contributed by atoms with Gasteiger partial charge in [-0.25, -0.2) is 26.3 Å². The number of benzene rings is 3. The van der Waals surface area contributed by atoms with Gasteiger partial charge in [-0.2, -0.15) is 0 Å². The van der Waals surface area contributed by atoms with Crippen molar-refractivity contribution in [2.45, 2.75) is 49.8 Å². The van der Waals surface area contributed by atoms with E-state index in [0.29, 0.717) is 19.3 Å². The number of pyridine rings is 1. The number of fused-ring (bicyclic) bond motifs is 1. The smallest absolute Gasteiger partial charge is 0.240 e. The van der Waals surface area contributed by atoms with Crippen LogP contribution < -0.4 is 9.44 Å². The second kappa shape index (κ2) is 11.7. The van der Waals surface area contributed by atoms with Gasteiger partial charge in [0.15, 0.2) is 0 Å². The van der Waals surface area contributed by atoms with E-state index in [1.54, 1.807) is 48.5 Å². The van der Waals surface area contributed by atoms with E-state index in [0.717, 1.165) is 38.9 Å². The Morgan fingerprint density at radius 1 is 0.632 bits per heavy atom. The molecule has 200 valence electrons. The molecule has 9 heteroatoms. The predicted molar refractivity (Wildman–Crippen MR) is 151 cm³/mol. The Bertz CT molecular complexity index is 1630. The Kier molecular flexibility index (Phi) is 8.62. The van der Waals surface area contributed by atoms with Crippen molar-refractivity contribution in [1.29, 1.82) is 0 Å². The maximum Gasteiger partial charge on any atom is 0.240 e. The molecule has 0 fully saturated rings. The van der Waals surface area contributed by atoms with Crippen molar-refractivity contribution in [3.05, 3.63) is 101 Å². The lowest BCUT2D eigenvalue weighted by atomic mass is 10.0. The summed E-state index contributed by atoms with van der Waals surface area (Å²) in [6.45, 7) is 6.33. The van der Waals surface area contributed by atoms with E-state index in [2.05, 4.69) is 21.6 Å². The fourth-order valence-corrected chi connectivity index (χ4v) is 6.30. The van der Waals surface area contributed by atoms with Gasteiger partial charge in [0.05, 0.1) is 15.3 Å². The number of nitrogens with zero attached hydrogens (tertiary/aromatic N) is 1. The van der Waals surface area contributed by atoms with E-state index < -0.39 is 20.0 Å². The van der Waals surface area contributed by atoms with Crippen LogP contribution in [0, 0.1) is 20.8 Å². The van der Waals surface area contributed by atoms with Crippen molar-refractivity contribution in [2.24, 2.45) is 0 Å². The van der Waals surface area contributed by atoms with Crippen molar-refractivity contribution in [2.75, 3.05) is 13.1 Å². The quantitative estimate of drug-likeness (QED) is 0.265. The van der Waals surface area contributed by atoms with Crippen molar-refractivity contribution in [3.63, 3.8) is 0 Å². The number of rotatable bonds is 11. The molecule has 4 rings (SSSR count). The first-order valence-electron chi connectivity index (χ1n) is 12.6. The average molecular weight is 552 g/mol. The number of nitrogens with one attached hydrogen (secondary N) is 2. The number of sulfonamides is 2. The van der Waals surface area contributed by atoms with Crippen LogP contribution in [0.15, 0.2) is 82.6 Å². The highest BCUT2D eigenvalue weighted by Gasteiger charge is 2.16. The summed E-state index contributed by atoms with van der Waals surface area (Å²) in [6, 6.07) is 21.6. The van der Waals surface area contributed by atoms with Gasteiger partial charge in [-0.15, -0.1) is 0 Å². The molecule has 0 amide bonds. The van der Waals surface area contributed by atoms with Gasteiger partial charge in [0.2, 0.25) is 20.0 Å². The molecule has 0 saturated heterocycles. The second-order valence-corrected chi connectivity index (χ2v) is 13.1. The molecule has 38 heavy (non-hydrogen) atoms. The van der Waals surface area contributed by atoms with Crippen molar-refractivity contribution in [1.82, 2.24) is 14.4 Å². The van der Waals surface area contributed by atoms with E-state index in [9.17, 15) is 16.8 Å². The maximum absolute atomic E-state index is 12.7. The molecule has 0 aliphatic rings. The molecule has 0 aliphatic carbocycles. The van der Waals surface area contributed by atoms with Crippen LogP contribution in [-0.2, 0) is 32.9 Å². The molecule has 2 N–H and O–H groups in total. The highest BCUT2D eigenvalue weighted by molar-refractivity contribution is 7.89. The molecular formula is C29H33N3O4S2. The lowest BCUT2D eigenvalue weighted by Gasteiger charge is -2.13. The molecule has 0 spiro atoms. The van der Waals surface area contributed by atoms with Gasteiger partial charge in [-0.05, 0) is 88.1 Å². The van der Waals surface area contributed by atoms with Crippen LogP contribution in [0.2, 0.25) is 0 Å². The zero-order chi connectivity index (χ0) is 27.3. The fraction of sp³-hybridized carbons (Fsp3) is 0.276. The maximum atomic E-state index is 12.7. The van der Waals surface area contributed by atoms with E-state index in [1.165, 1.54) is 0 Å². The Hall–Kier alpha value is -3.11. The summed E-state index contributed by atoms with van der Waals surface area (Å²) < 4.78 is 56.0. The Balaban J connectivity index is 1.45. The van der Waals surface area contributed by atoms with Crippen LogP contribution in [-0.4, -0.2) is 34.9 Å². The molecule has 0 saturated carbocycles. The number of hydrogen-bond acceptors (Lipinski definition) is 5. The van der Waals surface area contributed by atoms with Crippen LogP contribution in [0.1, 0.15) is 34.4 Å². The summed E-state index contributed by atoms with van der Waals surface area (Å²) >= 11 is 0. The minimum absolute atomic E-state index is 0.224. The third-order valence-electron chi connectivity index (χ3n) is 6.37. The summed E-state index contributed by atoms with van der Waals surface area (Å²) in [5.74, 6) is 0. The monoisotopic (exact) mass is 551 g/mol. The van der Waals surface area contributed by atoms with Crippen LogP contribution in [0.25, 0.3) is 10.9 Å². The van der Waals surface area contributed by atoms with Crippen molar-refractivity contribution < 1.29 is 16.8 Å². The van der Waals surface area contributed by atoms with E-state index in [-0.39, 0.29) is 22.9 Å².